The second-order valence-corrected chi connectivity index (χ2v) is 3.57. The lowest BCUT2D eigenvalue weighted by Gasteiger charge is -2.03. The molecular formula is C9H10N2S. The van der Waals surface area contributed by atoms with Gasteiger partial charge < -0.3 is 5.73 Å². The molecule has 0 aliphatic rings. The maximum absolute atomic E-state index is 8.67. The molecule has 0 fully saturated rings. The van der Waals surface area contributed by atoms with Gasteiger partial charge in [-0.15, -0.1) is 11.8 Å². The van der Waals surface area contributed by atoms with Gasteiger partial charge in [0, 0.05) is 4.90 Å². The maximum Gasteiger partial charge on any atom is 0.101 e. The highest BCUT2D eigenvalue weighted by Gasteiger charge is 2.02. The number of hydrogen-bond donors (Lipinski definition) is 1. The van der Waals surface area contributed by atoms with E-state index in [-0.39, 0.29) is 0 Å². The van der Waals surface area contributed by atoms with Crippen molar-refractivity contribution >= 4 is 17.4 Å². The van der Waals surface area contributed by atoms with Crippen LogP contribution in [0.2, 0.25) is 0 Å². The van der Waals surface area contributed by atoms with E-state index < -0.39 is 0 Å². The van der Waals surface area contributed by atoms with Crippen molar-refractivity contribution in [2.45, 2.75) is 11.8 Å². The number of anilines is 1. The lowest BCUT2D eigenvalue weighted by molar-refractivity contribution is 1.39. The van der Waals surface area contributed by atoms with Gasteiger partial charge in [0.2, 0.25) is 0 Å². The van der Waals surface area contributed by atoms with Gasteiger partial charge >= 0.3 is 0 Å². The molecule has 0 bridgehead atoms. The topological polar surface area (TPSA) is 49.8 Å². The molecule has 12 heavy (non-hydrogen) atoms. The molecule has 62 valence electrons. The summed E-state index contributed by atoms with van der Waals surface area (Å²) in [5.41, 5.74) is 6.90. The predicted molar refractivity (Wildman–Crippen MR) is 52.0 cm³/mol. The molecule has 2 N–H and O–H groups in total. The third-order valence-electron chi connectivity index (χ3n) is 1.49. The van der Waals surface area contributed by atoms with Crippen LogP contribution in [0.25, 0.3) is 0 Å². The van der Waals surface area contributed by atoms with Crippen molar-refractivity contribution < 1.29 is 0 Å². The van der Waals surface area contributed by atoms with Crippen molar-refractivity contribution in [2.75, 3.05) is 11.5 Å². The first-order valence-electron chi connectivity index (χ1n) is 3.71. The number of para-hydroxylation sites is 1. The fourth-order valence-electron chi connectivity index (χ4n) is 0.923. The van der Waals surface area contributed by atoms with Crippen molar-refractivity contribution in [3.63, 3.8) is 0 Å². The van der Waals surface area contributed by atoms with Crippen molar-refractivity contribution in [1.29, 1.82) is 5.26 Å². The molecule has 0 atom stereocenters. The van der Waals surface area contributed by atoms with Crippen molar-refractivity contribution in [1.82, 2.24) is 0 Å². The van der Waals surface area contributed by atoms with Gasteiger partial charge in [0.1, 0.15) is 6.07 Å². The quantitative estimate of drug-likeness (QED) is 0.558. The fraction of sp³-hybridized carbons (Fsp3) is 0.222. The monoisotopic (exact) mass is 178 g/mol. The molecule has 0 radical (unpaired) electrons. The Kier molecular flexibility index (Phi) is 3.01. The van der Waals surface area contributed by atoms with Crippen LogP contribution in [0.5, 0.6) is 0 Å². The van der Waals surface area contributed by atoms with Crippen molar-refractivity contribution in [2.24, 2.45) is 0 Å². The van der Waals surface area contributed by atoms with Gasteiger partial charge in [0.05, 0.1) is 11.3 Å². The highest BCUT2D eigenvalue weighted by Crippen LogP contribution is 2.26. The molecule has 0 aliphatic heterocycles. The van der Waals surface area contributed by atoms with Crippen LogP contribution in [0.15, 0.2) is 23.1 Å². The molecule has 1 aromatic carbocycles. The molecule has 0 saturated heterocycles. The number of nitriles is 1. The van der Waals surface area contributed by atoms with E-state index in [0.717, 1.165) is 10.6 Å². The average molecular weight is 178 g/mol. The Hall–Kier alpha value is -1.14. The molecule has 2 nitrogen and oxygen atoms in total. The summed E-state index contributed by atoms with van der Waals surface area (Å²) in [5.74, 6) is 0.971. The molecular weight excluding hydrogens is 168 g/mol. The first kappa shape index (κ1) is 8.95. The molecule has 3 heteroatoms. The minimum Gasteiger partial charge on any atom is -0.397 e. The van der Waals surface area contributed by atoms with Gasteiger partial charge in [-0.1, -0.05) is 13.0 Å². The molecule has 0 aliphatic carbocycles. The van der Waals surface area contributed by atoms with E-state index >= 15 is 0 Å². The number of nitrogen functional groups attached to an aromatic ring is 1. The summed E-state index contributed by atoms with van der Waals surface area (Å²) in [6.45, 7) is 2.06. The van der Waals surface area contributed by atoms with E-state index in [2.05, 4.69) is 13.0 Å². The molecule has 0 unspecified atom stereocenters. The van der Waals surface area contributed by atoms with E-state index in [1.165, 1.54) is 0 Å². The Morgan fingerprint density at radius 3 is 2.92 bits per heavy atom. The molecule has 0 saturated carbocycles. The van der Waals surface area contributed by atoms with Crippen LogP contribution in [-0.2, 0) is 0 Å². The predicted octanol–water partition coefficient (Wildman–Crippen LogP) is 2.25. The average Bonchev–Trinajstić information content (AvgIpc) is 2.09. The van der Waals surface area contributed by atoms with Gasteiger partial charge in [0.25, 0.3) is 0 Å². The maximum atomic E-state index is 8.67. The molecule has 0 heterocycles. The second kappa shape index (κ2) is 4.03. The van der Waals surface area contributed by atoms with E-state index in [9.17, 15) is 0 Å². The SMILES string of the molecule is CCSc1cccc(C#N)c1N. The number of nitrogens with two attached hydrogens (primary N) is 1. The molecule has 0 amide bonds. The Labute approximate surface area is 76.4 Å². The van der Waals surface area contributed by atoms with Crippen LogP contribution in [0.1, 0.15) is 12.5 Å². The molecule has 0 spiro atoms. The van der Waals surface area contributed by atoms with E-state index in [1.807, 2.05) is 12.1 Å². The van der Waals surface area contributed by atoms with Gasteiger partial charge in [-0.3, -0.25) is 0 Å². The van der Waals surface area contributed by atoms with Crippen LogP contribution in [-0.4, -0.2) is 5.75 Å². The normalized spacial score (nSPS) is 9.33. The first-order valence-corrected chi connectivity index (χ1v) is 4.69. The summed E-state index contributed by atoms with van der Waals surface area (Å²) in [7, 11) is 0. The number of thioether (sulfide) groups is 1. The highest BCUT2D eigenvalue weighted by atomic mass is 32.2. The third-order valence-corrected chi connectivity index (χ3v) is 2.44. The largest absolute Gasteiger partial charge is 0.397 e. The standard InChI is InChI=1S/C9H10N2S/c1-2-12-8-5-3-4-7(6-10)9(8)11/h3-5H,2,11H2,1H3. The lowest BCUT2D eigenvalue weighted by atomic mass is 10.2. The zero-order valence-electron chi connectivity index (χ0n) is 6.87. The minimum atomic E-state index is 0.563. The van der Waals surface area contributed by atoms with Crippen molar-refractivity contribution in [3.8, 4) is 6.07 Å². The second-order valence-electron chi connectivity index (χ2n) is 2.26. The number of benzene rings is 1. The van der Waals surface area contributed by atoms with E-state index in [4.69, 9.17) is 11.0 Å². The summed E-state index contributed by atoms with van der Waals surface area (Å²) in [6.07, 6.45) is 0. The zero-order chi connectivity index (χ0) is 8.97. The van der Waals surface area contributed by atoms with Gasteiger partial charge in [0.15, 0.2) is 0 Å². The highest BCUT2D eigenvalue weighted by molar-refractivity contribution is 7.99. The van der Waals surface area contributed by atoms with Crippen LogP contribution in [0, 0.1) is 11.3 Å². The Bertz CT molecular complexity index is 315. The number of hydrogen-bond acceptors (Lipinski definition) is 3. The smallest absolute Gasteiger partial charge is 0.101 e. The van der Waals surface area contributed by atoms with E-state index in [0.29, 0.717) is 11.3 Å². The molecule has 1 rings (SSSR count). The summed E-state index contributed by atoms with van der Waals surface area (Å²) in [6, 6.07) is 7.58. The van der Waals surface area contributed by atoms with Crippen LogP contribution >= 0.6 is 11.8 Å². The van der Waals surface area contributed by atoms with Gasteiger partial charge in [-0.25, -0.2) is 0 Å². The third kappa shape index (κ3) is 1.72. The summed E-state index contributed by atoms with van der Waals surface area (Å²) >= 11 is 1.66. The Morgan fingerprint density at radius 1 is 1.58 bits per heavy atom. The van der Waals surface area contributed by atoms with Gasteiger partial charge in [-0.05, 0) is 17.9 Å². The summed E-state index contributed by atoms with van der Waals surface area (Å²) in [4.78, 5) is 0.997. The van der Waals surface area contributed by atoms with Crippen LogP contribution in [0.3, 0.4) is 0 Å². The van der Waals surface area contributed by atoms with Crippen molar-refractivity contribution in [3.05, 3.63) is 23.8 Å². The Balaban J connectivity index is 3.07. The summed E-state index contributed by atoms with van der Waals surface area (Å²) in [5, 5.41) is 8.67. The summed E-state index contributed by atoms with van der Waals surface area (Å²) < 4.78 is 0. The van der Waals surface area contributed by atoms with Crippen LogP contribution < -0.4 is 5.73 Å². The fourth-order valence-corrected chi connectivity index (χ4v) is 1.67. The van der Waals surface area contributed by atoms with Crippen LogP contribution in [0.4, 0.5) is 5.69 Å². The number of nitrogens with zero attached hydrogens (tertiary/aromatic N) is 1. The molecule has 1 aromatic rings. The van der Waals surface area contributed by atoms with E-state index in [1.54, 1.807) is 17.8 Å². The first-order chi connectivity index (χ1) is 5.79. The lowest BCUT2D eigenvalue weighted by Crippen LogP contribution is -1.92. The number of rotatable bonds is 2. The Morgan fingerprint density at radius 2 is 2.33 bits per heavy atom. The van der Waals surface area contributed by atoms with Gasteiger partial charge in [-0.2, -0.15) is 5.26 Å². The minimum absolute atomic E-state index is 0.563. The molecule has 0 aromatic heterocycles. The zero-order valence-corrected chi connectivity index (χ0v) is 7.69.